The van der Waals surface area contributed by atoms with Crippen LogP contribution < -0.4 is 10.6 Å². The van der Waals surface area contributed by atoms with Crippen molar-refractivity contribution in [1.29, 1.82) is 0 Å². The number of carbonyl (C=O) groups is 4. The van der Waals surface area contributed by atoms with Crippen LogP contribution in [0.15, 0.2) is 25.3 Å². The molecule has 0 aromatic rings. The number of ether oxygens (including phenoxy) is 4. The summed E-state index contributed by atoms with van der Waals surface area (Å²) in [6.07, 6.45) is 1.04. The van der Waals surface area contributed by atoms with Crippen LogP contribution in [0.1, 0.15) is 48.0 Å². The van der Waals surface area contributed by atoms with Gasteiger partial charge in [-0.15, -0.1) is 0 Å². The average molecular weight is 591 g/mol. The minimum Gasteiger partial charge on any atom is -0.460 e. The molecule has 0 heterocycles. The van der Waals surface area contributed by atoms with Gasteiger partial charge in [0.2, 0.25) is 0 Å². The quantitative estimate of drug-likeness (QED) is 0.0665. The Hall–Kier alpha value is -2.94. The van der Waals surface area contributed by atoms with E-state index in [4.69, 9.17) is 32.2 Å². The second-order valence-electron chi connectivity index (χ2n) is 9.64. The zero-order chi connectivity index (χ0) is 30.7. The Morgan fingerprint density at radius 1 is 0.725 bits per heavy atom. The Morgan fingerprint density at radius 2 is 1.18 bits per heavy atom. The molecule has 40 heavy (non-hydrogen) atoms. The number of hydrogen-bond donors (Lipinski definition) is 2. The van der Waals surface area contributed by atoms with Gasteiger partial charge in [-0.25, -0.2) is 19.2 Å². The van der Waals surface area contributed by atoms with Crippen LogP contribution >= 0.6 is 0 Å². The number of esters is 2. The second-order valence-corrected chi connectivity index (χ2v) is 12.4. The molecule has 0 radical (unpaired) electrons. The highest BCUT2D eigenvalue weighted by Crippen LogP contribution is 2.19. The molecule has 0 atom stereocenters. The number of carbonyl (C=O) groups excluding carboxylic acids is 4. The maximum absolute atomic E-state index is 12.5. The highest BCUT2D eigenvalue weighted by atomic mass is 28.4. The fourth-order valence-electron chi connectivity index (χ4n) is 3.09. The van der Waals surface area contributed by atoms with Crippen molar-refractivity contribution < 1.29 is 51.4 Å². The molecule has 0 aromatic carbocycles. The van der Waals surface area contributed by atoms with Crippen molar-refractivity contribution >= 4 is 32.9 Å². The Kier molecular flexibility index (Phi) is 17.8. The van der Waals surface area contributed by atoms with Crippen molar-refractivity contribution in [3.63, 3.8) is 0 Å². The molecular weight excluding hydrogens is 544 g/mol. The Bertz CT molecular complexity index is 794. The average Bonchev–Trinajstić information content (AvgIpc) is 2.91. The first-order chi connectivity index (χ1) is 18.8. The monoisotopic (exact) mass is 590 g/mol. The van der Waals surface area contributed by atoms with Crippen LogP contribution in [-0.2, 0) is 41.8 Å². The summed E-state index contributed by atoms with van der Waals surface area (Å²) >= 11 is 0. The van der Waals surface area contributed by atoms with Gasteiger partial charge >= 0.3 is 32.9 Å². The summed E-state index contributed by atoms with van der Waals surface area (Å²) in [4.78, 5) is 47.6. The van der Waals surface area contributed by atoms with Crippen molar-refractivity contribution in [2.75, 3.05) is 52.8 Å². The maximum Gasteiger partial charge on any atom is 0.500 e. The molecule has 2 amide bonds. The van der Waals surface area contributed by atoms with Gasteiger partial charge < -0.3 is 42.9 Å². The van der Waals surface area contributed by atoms with Crippen LogP contribution in [0.4, 0.5) is 9.59 Å². The molecule has 0 aromatic heterocycles. The standard InChI is InChI=1S/C26H46N2O11Si/c1-9-21(29)33-19-26(8,20-34-22(30)10-2)28-24(32)36-18-25(6,7)17-35-23(31)27-15-14-16-40(37-11-3,38-12-4)39-13-5/h9-10H,1-2,11-20H2,3-8H3,(H,27,31)(H,28,32). The van der Waals surface area contributed by atoms with Crippen molar-refractivity contribution in [3.8, 4) is 0 Å². The van der Waals surface area contributed by atoms with Crippen LogP contribution in [-0.4, -0.2) is 91.3 Å². The first-order valence-electron chi connectivity index (χ1n) is 13.2. The lowest BCUT2D eigenvalue weighted by atomic mass is 9.96. The number of nitrogens with one attached hydrogen (secondary N) is 2. The fraction of sp³-hybridized carbons (Fsp3) is 0.692. The van der Waals surface area contributed by atoms with E-state index >= 15 is 0 Å². The summed E-state index contributed by atoms with van der Waals surface area (Å²) in [5.41, 5.74) is -2.02. The molecule has 0 aliphatic heterocycles. The molecule has 0 spiro atoms. The summed E-state index contributed by atoms with van der Waals surface area (Å²) in [5, 5.41) is 5.21. The largest absolute Gasteiger partial charge is 0.500 e. The SMILES string of the molecule is C=CC(=O)OCC(C)(COC(=O)C=C)NC(=O)OCC(C)(C)COC(=O)NCCC[Si](OCC)(OCC)OCC. The third kappa shape index (κ3) is 16.2. The number of amides is 2. The van der Waals surface area contributed by atoms with Crippen LogP contribution in [0.25, 0.3) is 0 Å². The fourth-order valence-corrected chi connectivity index (χ4v) is 5.70. The van der Waals surface area contributed by atoms with E-state index < -0.39 is 43.9 Å². The van der Waals surface area contributed by atoms with Crippen LogP contribution in [0.2, 0.25) is 6.04 Å². The Balaban J connectivity index is 4.71. The molecule has 0 rings (SSSR count). The molecular formula is C26H46N2O11Si. The highest BCUT2D eigenvalue weighted by Gasteiger charge is 2.39. The minimum absolute atomic E-state index is 0.0349. The molecule has 0 fully saturated rings. The third-order valence-corrected chi connectivity index (χ3v) is 8.16. The van der Waals surface area contributed by atoms with E-state index in [2.05, 4.69) is 23.8 Å². The Labute approximate surface area is 238 Å². The Morgan fingerprint density at radius 3 is 1.60 bits per heavy atom. The lowest BCUT2D eigenvalue weighted by Gasteiger charge is -2.30. The van der Waals surface area contributed by atoms with Crippen LogP contribution in [0, 0.1) is 5.41 Å². The highest BCUT2D eigenvalue weighted by molar-refractivity contribution is 6.60. The van der Waals surface area contributed by atoms with E-state index in [-0.39, 0.29) is 26.4 Å². The van der Waals surface area contributed by atoms with Gasteiger partial charge in [-0.05, 0) is 34.1 Å². The molecule has 0 unspecified atom stereocenters. The normalized spacial score (nSPS) is 11.7. The summed E-state index contributed by atoms with van der Waals surface area (Å²) in [6.45, 7) is 18.2. The van der Waals surface area contributed by atoms with E-state index in [0.29, 0.717) is 38.8 Å². The first-order valence-corrected chi connectivity index (χ1v) is 15.1. The summed E-state index contributed by atoms with van der Waals surface area (Å²) in [6, 6.07) is 0.551. The smallest absolute Gasteiger partial charge is 0.460 e. The van der Waals surface area contributed by atoms with E-state index in [1.54, 1.807) is 13.8 Å². The van der Waals surface area contributed by atoms with Gasteiger partial charge in [-0.1, -0.05) is 27.0 Å². The number of hydrogen-bond acceptors (Lipinski definition) is 11. The van der Waals surface area contributed by atoms with Crippen LogP contribution in [0.5, 0.6) is 0 Å². The van der Waals surface area contributed by atoms with Crippen molar-refractivity contribution in [1.82, 2.24) is 10.6 Å². The molecule has 0 aliphatic rings. The molecule has 14 heteroatoms. The molecule has 13 nitrogen and oxygen atoms in total. The molecule has 0 saturated heterocycles. The molecule has 0 bridgehead atoms. The summed E-state index contributed by atoms with van der Waals surface area (Å²) in [7, 11) is -2.79. The minimum atomic E-state index is -2.79. The lowest BCUT2D eigenvalue weighted by molar-refractivity contribution is -0.144. The second kappa shape index (κ2) is 19.2. The van der Waals surface area contributed by atoms with Gasteiger partial charge in [0.05, 0.1) is 0 Å². The summed E-state index contributed by atoms with van der Waals surface area (Å²) < 4.78 is 38.0. The van der Waals surface area contributed by atoms with Crippen LogP contribution in [0.3, 0.4) is 0 Å². The number of alkyl carbamates (subject to hydrolysis) is 2. The van der Waals surface area contributed by atoms with E-state index in [1.165, 1.54) is 6.92 Å². The third-order valence-electron chi connectivity index (χ3n) is 5.01. The molecule has 2 N–H and O–H groups in total. The van der Waals surface area contributed by atoms with E-state index in [9.17, 15) is 19.2 Å². The van der Waals surface area contributed by atoms with Crippen molar-refractivity contribution in [2.24, 2.45) is 5.41 Å². The van der Waals surface area contributed by atoms with Gasteiger partial charge in [0.25, 0.3) is 0 Å². The van der Waals surface area contributed by atoms with Gasteiger partial charge in [-0.2, -0.15) is 0 Å². The zero-order valence-corrected chi connectivity index (χ0v) is 25.6. The molecule has 0 saturated carbocycles. The van der Waals surface area contributed by atoms with Gasteiger partial charge in [-0.3, -0.25) is 0 Å². The van der Waals surface area contributed by atoms with E-state index in [0.717, 1.165) is 12.2 Å². The number of rotatable bonds is 21. The maximum atomic E-state index is 12.5. The zero-order valence-electron chi connectivity index (χ0n) is 24.6. The summed E-state index contributed by atoms with van der Waals surface area (Å²) in [5.74, 6) is -1.43. The first kappa shape index (κ1) is 37.1. The van der Waals surface area contributed by atoms with Gasteiger partial charge in [0, 0.05) is 50.0 Å². The van der Waals surface area contributed by atoms with Gasteiger partial charge in [0.15, 0.2) is 0 Å². The van der Waals surface area contributed by atoms with Gasteiger partial charge in [0.1, 0.15) is 32.0 Å². The van der Waals surface area contributed by atoms with Crippen molar-refractivity contribution in [2.45, 2.75) is 59.5 Å². The van der Waals surface area contributed by atoms with Crippen molar-refractivity contribution in [3.05, 3.63) is 25.3 Å². The topological polar surface area (TPSA) is 157 Å². The predicted octanol–water partition coefficient (Wildman–Crippen LogP) is 3.12. The lowest BCUT2D eigenvalue weighted by Crippen LogP contribution is -2.54. The predicted molar refractivity (Wildman–Crippen MR) is 148 cm³/mol. The molecule has 0 aliphatic carbocycles. The van der Waals surface area contributed by atoms with E-state index in [1.807, 2.05) is 20.8 Å². The molecule has 230 valence electrons.